The summed E-state index contributed by atoms with van der Waals surface area (Å²) in [6, 6.07) is 0. The van der Waals surface area contributed by atoms with Crippen molar-refractivity contribution in [3.8, 4) is 0 Å². The molecule has 4 heteroatoms. The molecular formula is C15H22O4. The number of carbonyl (C=O) groups is 2. The minimum Gasteiger partial charge on any atom is -0.392 e. The largest absolute Gasteiger partial charge is 0.392 e. The van der Waals surface area contributed by atoms with E-state index in [1.54, 1.807) is 6.92 Å². The third-order valence-corrected chi connectivity index (χ3v) is 4.94. The van der Waals surface area contributed by atoms with Crippen LogP contribution in [0.3, 0.4) is 0 Å². The van der Waals surface area contributed by atoms with Gasteiger partial charge in [0.25, 0.3) is 0 Å². The van der Waals surface area contributed by atoms with Gasteiger partial charge in [-0.15, -0.1) is 0 Å². The highest BCUT2D eigenvalue weighted by Crippen LogP contribution is 2.56. The summed E-state index contributed by atoms with van der Waals surface area (Å²) in [5, 5.41) is 20.2. The van der Waals surface area contributed by atoms with Gasteiger partial charge in [0, 0.05) is 18.3 Å². The van der Waals surface area contributed by atoms with Crippen LogP contribution in [0.2, 0.25) is 0 Å². The summed E-state index contributed by atoms with van der Waals surface area (Å²) in [7, 11) is 0. The van der Waals surface area contributed by atoms with Crippen molar-refractivity contribution in [2.45, 2.75) is 45.8 Å². The molecule has 0 aromatic heterocycles. The Bertz CT molecular complexity index is 437. The van der Waals surface area contributed by atoms with E-state index < -0.39 is 18.1 Å². The van der Waals surface area contributed by atoms with Crippen molar-refractivity contribution in [1.29, 1.82) is 0 Å². The number of hydrogen-bond acceptors (Lipinski definition) is 4. The first-order chi connectivity index (χ1) is 8.66. The summed E-state index contributed by atoms with van der Waals surface area (Å²) in [5.74, 6) is -1.69. The lowest BCUT2D eigenvalue weighted by atomic mass is 9.51. The van der Waals surface area contributed by atoms with Gasteiger partial charge in [0.2, 0.25) is 0 Å². The van der Waals surface area contributed by atoms with Gasteiger partial charge in [-0.2, -0.15) is 0 Å². The Morgan fingerprint density at radius 3 is 2.37 bits per heavy atom. The van der Waals surface area contributed by atoms with Crippen LogP contribution in [0.15, 0.2) is 12.2 Å². The lowest BCUT2D eigenvalue weighted by Gasteiger charge is -2.53. The maximum absolute atomic E-state index is 12.2. The van der Waals surface area contributed by atoms with E-state index in [9.17, 15) is 19.8 Å². The highest BCUT2D eigenvalue weighted by molar-refractivity contribution is 5.97. The van der Waals surface area contributed by atoms with Crippen LogP contribution in [-0.2, 0) is 9.59 Å². The van der Waals surface area contributed by atoms with Crippen molar-refractivity contribution in [3.63, 3.8) is 0 Å². The number of hydrogen-bond donors (Lipinski definition) is 2. The number of ketones is 2. The SMILES string of the molecule is C=C1C(=O)C[C@@H](O)[C@@H](C)C(=O)[C@@H](O)C2C1CC2(C)C. The molecule has 0 heterocycles. The van der Waals surface area contributed by atoms with Gasteiger partial charge in [-0.3, -0.25) is 9.59 Å². The fraction of sp³-hybridized carbons (Fsp3) is 0.733. The third-order valence-electron chi connectivity index (χ3n) is 4.94. The van der Waals surface area contributed by atoms with Crippen LogP contribution >= 0.6 is 0 Å². The van der Waals surface area contributed by atoms with Crippen LogP contribution in [0.5, 0.6) is 0 Å². The van der Waals surface area contributed by atoms with Crippen molar-refractivity contribution >= 4 is 11.6 Å². The van der Waals surface area contributed by atoms with E-state index in [2.05, 4.69) is 6.58 Å². The van der Waals surface area contributed by atoms with E-state index in [1.807, 2.05) is 13.8 Å². The van der Waals surface area contributed by atoms with Crippen LogP contribution in [0.1, 0.15) is 33.6 Å². The van der Waals surface area contributed by atoms with E-state index >= 15 is 0 Å². The Balaban J connectivity index is 2.39. The molecule has 5 atom stereocenters. The summed E-state index contributed by atoms with van der Waals surface area (Å²) < 4.78 is 0. The minimum absolute atomic E-state index is 0.0812. The summed E-state index contributed by atoms with van der Waals surface area (Å²) in [6.45, 7) is 9.37. The quantitative estimate of drug-likeness (QED) is 0.644. The summed E-state index contributed by atoms with van der Waals surface area (Å²) >= 11 is 0. The summed E-state index contributed by atoms with van der Waals surface area (Å²) in [6.07, 6.45) is -1.49. The van der Waals surface area contributed by atoms with Crippen LogP contribution in [0.25, 0.3) is 0 Å². The number of aliphatic hydroxyl groups excluding tert-OH is 2. The van der Waals surface area contributed by atoms with Crippen molar-refractivity contribution in [2.24, 2.45) is 23.2 Å². The molecule has 0 spiro atoms. The Morgan fingerprint density at radius 2 is 1.84 bits per heavy atom. The molecule has 0 aromatic rings. The normalized spacial score (nSPS) is 42.8. The summed E-state index contributed by atoms with van der Waals surface area (Å²) in [4.78, 5) is 24.2. The van der Waals surface area contributed by atoms with Crippen molar-refractivity contribution in [1.82, 2.24) is 0 Å². The number of rotatable bonds is 0. The zero-order chi connectivity index (χ0) is 14.5. The monoisotopic (exact) mass is 266 g/mol. The summed E-state index contributed by atoms with van der Waals surface area (Å²) in [5.41, 5.74) is 0.266. The first kappa shape index (κ1) is 14.4. The maximum Gasteiger partial charge on any atom is 0.166 e. The van der Waals surface area contributed by atoms with Gasteiger partial charge in [-0.25, -0.2) is 0 Å². The molecule has 2 fully saturated rings. The van der Waals surface area contributed by atoms with Gasteiger partial charge in [0.05, 0.1) is 6.10 Å². The van der Waals surface area contributed by atoms with Gasteiger partial charge < -0.3 is 10.2 Å². The molecule has 2 rings (SSSR count). The van der Waals surface area contributed by atoms with E-state index in [1.165, 1.54) is 0 Å². The highest BCUT2D eigenvalue weighted by atomic mass is 16.3. The zero-order valence-electron chi connectivity index (χ0n) is 11.7. The molecule has 2 unspecified atom stereocenters. The Labute approximate surface area is 113 Å². The number of fused-ring (bicyclic) bond motifs is 1. The molecule has 0 aromatic carbocycles. The minimum atomic E-state index is -1.12. The lowest BCUT2D eigenvalue weighted by Crippen LogP contribution is -2.54. The van der Waals surface area contributed by atoms with Crippen LogP contribution in [0.4, 0.5) is 0 Å². The standard InChI is InChI=1S/C15H22O4/c1-7-9-6-15(3,4)12(9)14(19)13(18)8(2)11(17)5-10(7)16/h8-9,11-12,14,17,19H,1,5-6H2,2-4H3/t8-,9?,11-,12?,14+/m1/s1. The van der Waals surface area contributed by atoms with E-state index in [0.29, 0.717) is 5.57 Å². The Kier molecular flexibility index (Phi) is 3.43. The van der Waals surface area contributed by atoms with Crippen LogP contribution in [0, 0.1) is 23.2 Å². The molecule has 2 N–H and O–H groups in total. The molecule has 0 saturated heterocycles. The molecular weight excluding hydrogens is 244 g/mol. The molecule has 2 aliphatic rings. The van der Waals surface area contributed by atoms with Gasteiger partial charge in [0.1, 0.15) is 6.10 Å². The second kappa shape index (κ2) is 4.53. The molecule has 0 amide bonds. The molecule has 2 saturated carbocycles. The van der Waals surface area contributed by atoms with Gasteiger partial charge >= 0.3 is 0 Å². The van der Waals surface area contributed by atoms with Crippen molar-refractivity contribution < 1.29 is 19.8 Å². The average molecular weight is 266 g/mol. The molecule has 0 radical (unpaired) electrons. The first-order valence-electron chi connectivity index (χ1n) is 6.78. The van der Waals surface area contributed by atoms with Crippen LogP contribution < -0.4 is 0 Å². The maximum atomic E-state index is 12.2. The number of carbonyl (C=O) groups excluding carboxylic acids is 2. The molecule has 4 nitrogen and oxygen atoms in total. The fourth-order valence-corrected chi connectivity index (χ4v) is 3.54. The first-order valence-corrected chi connectivity index (χ1v) is 6.78. The molecule has 106 valence electrons. The average Bonchev–Trinajstić information content (AvgIpc) is 2.33. The molecule has 0 aliphatic heterocycles. The lowest BCUT2D eigenvalue weighted by molar-refractivity contribution is -0.149. The molecule has 19 heavy (non-hydrogen) atoms. The van der Waals surface area contributed by atoms with E-state index in [-0.39, 0.29) is 35.2 Å². The predicted octanol–water partition coefficient (Wildman–Crippen LogP) is 1.10. The van der Waals surface area contributed by atoms with Crippen molar-refractivity contribution in [2.75, 3.05) is 0 Å². The van der Waals surface area contributed by atoms with Crippen molar-refractivity contribution in [3.05, 3.63) is 12.2 Å². The number of Topliss-reactive ketones (excluding diaryl/α,β-unsaturated/α-hetero) is 2. The third kappa shape index (κ3) is 2.17. The Hall–Kier alpha value is -1.00. The molecule has 0 bridgehead atoms. The molecule has 2 aliphatic carbocycles. The van der Waals surface area contributed by atoms with Gasteiger partial charge in [0.15, 0.2) is 11.6 Å². The zero-order valence-corrected chi connectivity index (χ0v) is 11.7. The van der Waals surface area contributed by atoms with Gasteiger partial charge in [-0.1, -0.05) is 27.4 Å². The predicted molar refractivity (Wildman–Crippen MR) is 70.3 cm³/mol. The second-order valence-electron chi connectivity index (χ2n) is 6.68. The topological polar surface area (TPSA) is 74.6 Å². The number of allylic oxidation sites excluding steroid dienone is 1. The number of aliphatic hydroxyl groups is 2. The second-order valence-corrected chi connectivity index (χ2v) is 6.68. The van der Waals surface area contributed by atoms with Crippen LogP contribution in [-0.4, -0.2) is 34.0 Å². The van der Waals surface area contributed by atoms with E-state index in [0.717, 1.165) is 6.42 Å². The van der Waals surface area contributed by atoms with Gasteiger partial charge in [-0.05, 0) is 23.3 Å². The smallest absolute Gasteiger partial charge is 0.166 e. The fourth-order valence-electron chi connectivity index (χ4n) is 3.54. The Morgan fingerprint density at radius 1 is 1.26 bits per heavy atom. The van der Waals surface area contributed by atoms with E-state index in [4.69, 9.17) is 0 Å². The highest BCUT2D eigenvalue weighted by Gasteiger charge is 2.55.